The summed E-state index contributed by atoms with van der Waals surface area (Å²) in [6, 6.07) is 11.7. The lowest BCUT2D eigenvalue weighted by atomic mass is 10.2. The molecule has 0 unspecified atom stereocenters. The van der Waals surface area contributed by atoms with Gasteiger partial charge in [0, 0.05) is 11.2 Å². The van der Waals surface area contributed by atoms with Gasteiger partial charge in [0.15, 0.2) is 0 Å². The van der Waals surface area contributed by atoms with Crippen molar-refractivity contribution in [3.05, 3.63) is 74.7 Å². The van der Waals surface area contributed by atoms with Crippen LogP contribution in [-0.4, -0.2) is 22.5 Å². The first-order valence-corrected chi connectivity index (χ1v) is 8.48. The third-order valence-electron chi connectivity index (χ3n) is 3.89. The van der Waals surface area contributed by atoms with Gasteiger partial charge >= 0.3 is 5.97 Å². The van der Waals surface area contributed by atoms with E-state index in [2.05, 4.69) is 9.72 Å². The summed E-state index contributed by atoms with van der Waals surface area (Å²) in [5.41, 5.74) is 0.221. The fourth-order valence-corrected chi connectivity index (χ4v) is 2.58. The number of esters is 1. The fourth-order valence-electron chi connectivity index (χ4n) is 2.47. The van der Waals surface area contributed by atoms with Crippen molar-refractivity contribution in [2.75, 3.05) is 7.11 Å². The number of hydrogen-bond donors (Lipinski definition) is 0. The van der Waals surface area contributed by atoms with Crippen LogP contribution in [-0.2, 0) is 9.53 Å². The summed E-state index contributed by atoms with van der Waals surface area (Å²) in [6.07, 6.45) is 2.64. The van der Waals surface area contributed by atoms with Crippen LogP contribution in [0.25, 0.3) is 11.7 Å². The standard InChI is InChI=1S/C20H14ClN3O4/c1-12-9-14(6-7-16(12)21)28-18-15(10-13(11-22)20(26)27-2)19(25)24-8-4-3-5-17(24)23-18/h3-10H,1-2H3. The lowest BCUT2D eigenvalue weighted by Gasteiger charge is -2.11. The molecule has 0 fully saturated rings. The Balaban J connectivity index is 2.23. The van der Waals surface area contributed by atoms with Crippen LogP contribution in [0.3, 0.4) is 0 Å². The van der Waals surface area contributed by atoms with E-state index in [1.165, 1.54) is 10.6 Å². The topological polar surface area (TPSA) is 93.7 Å². The number of aryl methyl sites for hydroxylation is 1. The zero-order chi connectivity index (χ0) is 20.3. The van der Waals surface area contributed by atoms with Gasteiger partial charge < -0.3 is 9.47 Å². The first-order valence-electron chi connectivity index (χ1n) is 8.10. The monoisotopic (exact) mass is 395 g/mol. The van der Waals surface area contributed by atoms with Gasteiger partial charge in [0.25, 0.3) is 5.56 Å². The molecule has 0 aliphatic rings. The number of carbonyl (C=O) groups is 1. The summed E-state index contributed by atoms with van der Waals surface area (Å²) in [5.74, 6) is -0.511. The SMILES string of the molecule is COC(=O)C(C#N)=Cc1c(Oc2ccc(Cl)c(C)c2)nc2ccccn2c1=O. The van der Waals surface area contributed by atoms with Crippen LogP contribution in [0.1, 0.15) is 11.1 Å². The molecule has 28 heavy (non-hydrogen) atoms. The lowest BCUT2D eigenvalue weighted by Crippen LogP contribution is -2.19. The molecule has 3 aromatic rings. The molecule has 0 aliphatic heterocycles. The van der Waals surface area contributed by atoms with E-state index in [4.69, 9.17) is 16.3 Å². The number of nitriles is 1. The normalized spacial score (nSPS) is 11.1. The van der Waals surface area contributed by atoms with Gasteiger partial charge in [-0.3, -0.25) is 9.20 Å². The van der Waals surface area contributed by atoms with Gasteiger partial charge in [-0.1, -0.05) is 17.7 Å². The molecule has 0 saturated carbocycles. The number of benzene rings is 1. The number of methoxy groups -OCH3 is 1. The third-order valence-corrected chi connectivity index (χ3v) is 4.32. The predicted molar refractivity (Wildman–Crippen MR) is 103 cm³/mol. The molecule has 0 aliphatic carbocycles. The molecule has 0 atom stereocenters. The molecule has 8 heteroatoms. The van der Waals surface area contributed by atoms with E-state index in [1.54, 1.807) is 42.5 Å². The Labute approximate surface area is 165 Å². The molecule has 7 nitrogen and oxygen atoms in total. The molecule has 2 heterocycles. The van der Waals surface area contributed by atoms with Crippen molar-refractivity contribution in [2.24, 2.45) is 0 Å². The van der Waals surface area contributed by atoms with Gasteiger partial charge in [-0.05, 0) is 48.9 Å². The second kappa shape index (κ2) is 7.94. The number of carbonyl (C=O) groups excluding carboxylic acids is 1. The largest absolute Gasteiger partial charge is 0.465 e. The van der Waals surface area contributed by atoms with Crippen molar-refractivity contribution in [1.82, 2.24) is 9.38 Å². The van der Waals surface area contributed by atoms with Crippen LogP contribution in [0.5, 0.6) is 11.6 Å². The Morgan fingerprint density at radius 3 is 2.79 bits per heavy atom. The molecule has 0 amide bonds. The number of hydrogen-bond acceptors (Lipinski definition) is 6. The van der Waals surface area contributed by atoms with Gasteiger partial charge in [-0.2, -0.15) is 10.2 Å². The molecule has 1 aromatic carbocycles. The minimum absolute atomic E-state index is 0.0467. The third kappa shape index (κ3) is 3.72. The molecule has 0 radical (unpaired) electrons. The first-order chi connectivity index (χ1) is 13.4. The minimum Gasteiger partial charge on any atom is -0.465 e. The Morgan fingerprint density at radius 2 is 2.11 bits per heavy atom. The molecule has 0 spiro atoms. The van der Waals surface area contributed by atoms with Gasteiger partial charge in [-0.25, -0.2) is 4.79 Å². The van der Waals surface area contributed by atoms with E-state index >= 15 is 0 Å². The highest BCUT2D eigenvalue weighted by atomic mass is 35.5. The second-order valence-electron chi connectivity index (χ2n) is 5.74. The van der Waals surface area contributed by atoms with E-state index in [0.717, 1.165) is 18.7 Å². The van der Waals surface area contributed by atoms with E-state index < -0.39 is 11.5 Å². The summed E-state index contributed by atoms with van der Waals surface area (Å²) in [6.45, 7) is 1.81. The molecule has 140 valence electrons. The average Bonchev–Trinajstić information content (AvgIpc) is 2.70. The van der Waals surface area contributed by atoms with Crippen molar-refractivity contribution in [1.29, 1.82) is 5.26 Å². The van der Waals surface area contributed by atoms with Crippen LogP contribution < -0.4 is 10.3 Å². The van der Waals surface area contributed by atoms with Crippen LogP contribution >= 0.6 is 11.6 Å². The number of ether oxygens (including phenoxy) is 2. The van der Waals surface area contributed by atoms with Crippen LogP contribution in [0.15, 0.2) is 53.0 Å². The minimum atomic E-state index is -0.867. The Bertz CT molecular complexity index is 1210. The van der Waals surface area contributed by atoms with Crippen LogP contribution in [0.2, 0.25) is 5.02 Å². The predicted octanol–water partition coefficient (Wildman–Crippen LogP) is 3.53. The molecule has 0 N–H and O–H groups in total. The molecular formula is C20H14ClN3O4. The number of fused-ring (bicyclic) bond motifs is 1. The quantitative estimate of drug-likeness (QED) is 0.381. The summed E-state index contributed by atoms with van der Waals surface area (Å²) < 4.78 is 11.7. The maximum atomic E-state index is 12.9. The second-order valence-corrected chi connectivity index (χ2v) is 6.15. The molecule has 0 bridgehead atoms. The Kier molecular flexibility index (Phi) is 5.43. The highest BCUT2D eigenvalue weighted by Gasteiger charge is 2.17. The number of halogens is 1. The highest BCUT2D eigenvalue weighted by molar-refractivity contribution is 6.31. The smallest absolute Gasteiger partial charge is 0.348 e. The van der Waals surface area contributed by atoms with Crippen LogP contribution in [0.4, 0.5) is 0 Å². The molecule has 3 rings (SSSR count). The summed E-state index contributed by atoms with van der Waals surface area (Å²) in [4.78, 5) is 29.1. The van der Waals surface area contributed by atoms with Crippen molar-refractivity contribution in [2.45, 2.75) is 6.92 Å². The summed E-state index contributed by atoms with van der Waals surface area (Å²) >= 11 is 6.04. The van der Waals surface area contributed by atoms with Crippen molar-refractivity contribution in [3.8, 4) is 17.7 Å². The van der Waals surface area contributed by atoms with E-state index in [9.17, 15) is 14.9 Å². The van der Waals surface area contributed by atoms with Gasteiger partial charge in [0.05, 0.1) is 7.11 Å². The highest BCUT2D eigenvalue weighted by Crippen LogP contribution is 2.27. The molecule has 2 aromatic heterocycles. The van der Waals surface area contributed by atoms with Gasteiger partial charge in [-0.15, -0.1) is 0 Å². The Morgan fingerprint density at radius 1 is 1.32 bits per heavy atom. The van der Waals surface area contributed by atoms with Crippen molar-refractivity contribution >= 4 is 29.3 Å². The maximum absolute atomic E-state index is 12.9. The van der Waals surface area contributed by atoms with E-state index in [0.29, 0.717) is 16.4 Å². The molecular weight excluding hydrogens is 382 g/mol. The van der Waals surface area contributed by atoms with Gasteiger partial charge in [0.2, 0.25) is 5.88 Å². The number of aromatic nitrogens is 2. The fraction of sp³-hybridized carbons (Fsp3) is 0.100. The van der Waals surface area contributed by atoms with Gasteiger partial charge in [0.1, 0.15) is 28.6 Å². The number of nitrogens with zero attached hydrogens (tertiary/aromatic N) is 3. The Hall–Kier alpha value is -3.63. The summed E-state index contributed by atoms with van der Waals surface area (Å²) in [7, 11) is 1.15. The van der Waals surface area contributed by atoms with E-state index in [-0.39, 0.29) is 17.0 Å². The van der Waals surface area contributed by atoms with E-state index in [1.807, 2.05) is 6.92 Å². The number of rotatable bonds is 4. The van der Waals surface area contributed by atoms with Crippen molar-refractivity contribution in [3.63, 3.8) is 0 Å². The summed E-state index contributed by atoms with van der Waals surface area (Å²) in [5, 5.41) is 9.80. The van der Waals surface area contributed by atoms with Crippen molar-refractivity contribution < 1.29 is 14.3 Å². The molecule has 0 saturated heterocycles. The lowest BCUT2D eigenvalue weighted by molar-refractivity contribution is -0.135. The zero-order valence-electron chi connectivity index (χ0n) is 15.0. The van der Waals surface area contributed by atoms with Crippen LogP contribution in [0, 0.1) is 18.3 Å². The average molecular weight is 396 g/mol. The number of pyridine rings is 1. The zero-order valence-corrected chi connectivity index (χ0v) is 15.7. The maximum Gasteiger partial charge on any atom is 0.348 e. The first kappa shape index (κ1) is 19.1.